The van der Waals surface area contributed by atoms with Gasteiger partial charge in [0, 0.05) is 24.4 Å². The molecule has 0 aromatic heterocycles. The summed E-state index contributed by atoms with van der Waals surface area (Å²) in [6.45, 7) is 1.69. The lowest BCUT2D eigenvalue weighted by molar-refractivity contribution is -0.118. The Labute approximate surface area is 175 Å². The van der Waals surface area contributed by atoms with Gasteiger partial charge in [-0.2, -0.15) is 0 Å². The van der Waals surface area contributed by atoms with E-state index in [1.54, 1.807) is 25.1 Å². The zero-order valence-electron chi connectivity index (χ0n) is 17.1. The van der Waals surface area contributed by atoms with E-state index in [2.05, 4.69) is 16.2 Å². The molecular weight excluding hydrogens is 388 g/mol. The van der Waals surface area contributed by atoms with Gasteiger partial charge >= 0.3 is 0 Å². The van der Waals surface area contributed by atoms with Gasteiger partial charge in [-0.3, -0.25) is 9.79 Å². The number of allylic oxidation sites excluding steroid dienone is 2. The highest BCUT2D eigenvalue weighted by Gasteiger charge is 2.34. The van der Waals surface area contributed by atoms with Crippen molar-refractivity contribution < 1.29 is 18.7 Å². The summed E-state index contributed by atoms with van der Waals surface area (Å²) in [6, 6.07) is 3.63. The summed E-state index contributed by atoms with van der Waals surface area (Å²) in [5.74, 6) is 0.278. The normalized spacial score (nSPS) is 24.5. The lowest BCUT2D eigenvalue weighted by Gasteiger charge is -2.28. The summed E-state index contributed by atoms with van der Waals surface area (Å²) in [5.41, 5.74) is 1.80. The molecule has 2 N–H and O–H groups in total. The number of carbonyl (C=O) groups excluding carboxylic acids is 1. The van der Waals surface area contributed by atoms with Crippen molar-refractivity contribution >= 4 is 11.6 Å². The number of carbonyl (C=O) groups is 1. The van der Waals surface area contributed by atoms with Crippen molar-refractivity contribution in [2.24, 2.45) is 4.99 Å². The first-order chi connectivity index (χ1) is 14.4. The third-order valence-electron chi connectivity index (χ3n) is 5.51. The molecule has 1 fully saturated rings. The van der Waals surface area contributed by atoms with E-state index >= 15 is 0 Å². The van der Waals surface area contributed by atoms with E-state index in [0.717, 1.165) is 18.9 Å². The molecule has 1 aromatic carbocycles. The molecule has 3 rings (SSSR count). The van der Waals surface area contributed by atoms with Crippen molar-refractivity contribution in [2.45, 2.75) is 51.3 Å². The Hall–Kier alpha value is -2.98. The number of halogens is 2. The maximum Gasteiger partial charge on any atom is 0.255 e. The second-order valence-electron chi connectivity index (χ2n) is 7.51. The van der Waals surface area contributed by atoms with Gasteiger partial charge in [-0.25, -0.2) is 8.78 Å². The van der Waals surface area contributed by atoms with Gasteiger partial charge in [0.2, 0.25) is 0 Å². The maximum atomic E-state index is 14.2. The first-order valence-corrected chi connectivity index (χ1v) is 9.92. The quantitative estimate of drug-likeness (QED) is 0.746. The van der Waals surface area contributed by atoms with Gasteiger partial charge in [-0.1, -0.05) is 30.9 Å². The van der Waals surface area contributed by atoms with Crippen LogP contribution in [0.2, 0.25) is 0 Å². The molecule has 5 nitrogen and oxygen atoms in total. The summed E-state index contributed by atoms with van der Waals surface area (Å²) in [4.78, 5) is 18.9. The van der Waals surface area contributed by atoms with Crippen LogP contribution in [0, 0.1) is 24.0 Å². The SMILES string of the molecule is C#CC(C)=C1C(=NC)C(C(=O)N[C@H]2CCCC[C@@H]2O)=CN1Cc1cccc(F)c1F. The molecule has 0 unspecified atom stereocenters. The fraction of sp³-hybridized carbons (Fsp3) is 0.391. The number of hydrogen-bond donors (Lipinski definition) is 2. The van der Waals surface area contributed by atoms with E-state index in [1.165, 1.54) is 12.1 Å². The highest BCUT2D eigenvalue weighted by atomic mass is 19.2. The third-order valence-corrected chi connectivity index (χ3v) is 5.51. The predicted molar refractivity (Wildman–Crippen MR) is 111 cm³/mol. The van der Waals surface area contributed by atoms with E-state index in [-0.39, 0.29) is 29.6 Å². The first kappa shape index (κ1) is 21.7. The van der Waals surface area contributed by atoms with E-state index in [0.29, 0.717) is 29.8 Å². The molecule has 1 heterocycles. The molecule has 2 aliphatic rings. The molecular formula is C23H25F2N3O2. The first-order valence-electron chi connectivity index (χ1n) is 9.92. The number of rotatable bonds is 4. The summed E-state index contributed by atoms with van der Waals surface area (Å²) in [5, 5.41) is 13.1. The van der Waals surface area contributed by atoms with Gasteiger partial charge in [0.25, 0.3) is 5.91 Å². The summed E-state index contributed by atoms with van der Waals surface area (Å²) >= 11 is 0. The number of hydrogen-bond acceptors (Lipinski definition) is 4. The molecule has 1 saturated carbocycles. The Kier molecular flexibility index (Phi) is 6.68. The number of amides is 1. The van der Waals surface area contributed by atoms with Crippen molar-refractivity contribution in [1.29, 1.82) is 0 Å². The Morgan fingerprint density at radius 2 is 2.10 bits per heavy atom. The molecule has 2 atom stereocenters. The van der Waals surface area contributed by atoms with Gasteiger partial charge in [0.05, 0.1) is 35.7 Å². The Morgan fingerprint density at radius 1 is 1.37 bits per heavy atom. The molecule has 0 bridgehead atoms. The predicted octanol–water partition coefficient (Wildman–Crippen LogP) is 3.06. The minimum Gasteiger partial charge on any atom is -0.391 e. The average Bonchev–Trinajstić information content (AvgIpc) is 3.10. The van der Waals surface area contributed by atoms with Crippen LogP contribution >= 0.6 is 0 Å². The molecule has 0 spiro atoms. The van der Waals surface area contributed by atoms with Crippen LogP contribution in [-0.4, -0.2) is 40.8 Å². The Balaban J connectivity index is 1.94. The number of terminal acetylenes is 1. The zero-order chi connectivity index (χ0) is 21.8. The van der Waals surface area contributed by atoms with Gasteiger partial charge in [-0.15, -0.1) is 6.42 Å². The van der Waals surface area contributed by atoms with Crippen LogP contribution < -0.4 is 5.32 Å². The monoisotopic (exact) mass is 413 g/mol. The lowest BCUT2D eigenvalue weighted by atomic mass is 9.92. The molecule has 0 saturated heterocycles. The van der Waals surface area contributed by atoms with Crippen molar-refractivity contribution in [1.82, 2.24) is 10.2 Å². The van der Waals surface area contributed by atoms with E-state index in [4.69, 9.17) is 6.42 Å². The van der Waals surface area contributed by atoms with Crippen LogP contribution in [0.4, 0.5) is 8.78 Å². The number of aliphatic hydroxyl groups is 1. The van der Waals surface area contributed by atoms with Gasteiger partial charge < -0.3 is 15.3 Å². The van der Waals surface area contributed by atoms with Crippen LogP contribution in [0.1, 0.15) is 38.2 Å². The minimum atomic E-state index is -0.943. The summed E-state index contributed by atoms with van der Waals surface area (Å²) in [6.07, 6.45) is 9.75. The largest absolute Gasteiger partial charge is 0.391 e. The van der Waals surface area contributed by atoms with Crippen molar-refractivity contribution in [3.63, 3.8) is 0 Å². The number of aliphatic imine (C=N–C) groups is 1. The molecule has 30 heavy (non-hydrogen) atoms. The third kappa shape index (κ3) is 4.29. The maximum absolute atomic E-state index is 14.2. The number of nitrogens with zero attached hydrogens (tertiary/aromatic N) is 2. The highest BCUT2D eigenvalue weighted by Crippen LogP contribution is 2.29. The number of benzene rings is 1. The molecule has 1 amide bonds. The smallest absolute Gasteiger partial charge is 0.255 e. The average molecular weight is 413 g/mol. The van der Waals surface area contributed by atoms with E-state index < -0.39 is 17.7 Å². The van der Waals surface area contributed by atoms with E-state index in [9.17, 15) is 18.7 Å². The van der Waals surface area contributed by atoms with Crippen LogP contribution in [0.3, 0.4) is 0 Å². The summed E-state index contributed by atoms with van der Waals surface area (Å²) < 4.78 is 27.9. The molecule has 1 aliphatic carbocycles. The van der Waals surface area contributed by atoms with Gasteiger partial charge in [-0.05, 0) is 25.8 Å². The molecule has 1 aliphatic heterocycles. The fourth-order valence-electron chi connectivity index (χ4n) is 3.90. The van der Waals surface area contributed by atoms with Crippen molar-refractivity contribution in [3.8, 4) is 12.3 Å². The van der Waals surface area contributed by atoms with Crippen LogP contribution in [0.25, 0.3) is 0 Å². The number of nitrogens with one attached hydrogen (secondary N) is 1. The molecule has 0 radical (unpaired) electrons. The van der Waals surface area contributed by atoms with Gasteiger partial charge in [0.1, 0.15) is 0 Å². The second kappa shape index (κ2) is 9.23. The van der Waals surface area contributed by atoms with Crippen molar-refractivity contribution in [2.75, 3.05) is 7.05 Å². The van der Waals surface area contributed by atoms with Crippen LogP contribution in [-0.2, 0) is 11.3 Å². The Bertz CT molecular complexity index is 975. The highest BCUT2D eigenvalue weighted by molar-refractivity contribution is 6.29. The molecule has 1 aromatic rings. The zero-order valence-corrected chi connectivity index (χ0v) is 17.1. The Morgan fingerprint density at radius 3 is 2.77 bits per heavy atom. The fourth-order valence-corrected chi connectivity index (χ4v) is 3.90. The van der Waals surface area contributed by atoms with Crippen LogP contribution in [0.15, 0.2) is 46.2 Å². The molecule has 158 valence electrons. The van der Waals surface area contributed by atoms with Crippen LogP contribution in [0.5, 0.6) is 0 Å². The second-order valence-corrected chi connectivity index (χ2v) is 7.51. The van der Waals surface area contributed by atoms with E-state index in [1.807, 2.05) is 0 Å². The molecule has 7 heteroatoms. The van der Waals surface area contributed by atoms with Crippen molar-refractivity contribution in [3.05, 3.63) is 58.4 Å². The summed E-state index contributed by atoms with van der Waals surface area (Å²) in [7, 11) is 1.54. The minimum absolute atomic E-state index is 0.0141. The topological polar surface area (TPSA) is 64.9 Å². The number of aliphatic hydroxyl groups excluding tert-OH is 1. The standard InChI is InChI=1S/C23H25F2N3O2/c1-4-14(2)22-21(26-3)16(23(30)27-18-10-5-6-11-19(18)29)13-28(22)12-15-8-7-9-17(24)20(15)25/h1,7-9,13,18-19,29H,5-6,10-12H2,2-3H3,(H,27,30)/t18-,19-/m0/s1. The lowest BCUT2D eigenvalue weighted by Crippen LogP contribution is -2.46. The van der Waals surface area contributed by atoms with Gasteiger partial charge in [0.15, 0.2) is 11.6 Å².